The Morgan fingerprint density at radius 3 is 1.42 bits per heavy atom. The zero-order valence-corrected chi connectivity index (χ0v) is 9.07. The predicted molar refractivity (Wildman–Crippen MR) is 40.2 cm³/mol. The van der Waals surface area contributed by atoms with Gasteiger partial charge in [0.2, 0.25) is 0 Å². The fourth-order valence-corrected chi connectivity index (χ4v) is 0.861. The van der Waals surface area contributed by atoms with Crippen LogP contribution in [0.25, 0.3) is 0 Å². The van der Waals surface area contributed by atoms with Gasteiger partial charge in [-0.2, -0.15) is 0 Å². The molecule has 0 aromatic rings. The third kappa shape index (κ3) is 5.38. The second kappa shape index (κ2) is 6.26. The molecule has 0 radical (unpaired) electrons. The summed E-state index contributed by atoms with van der Waals surface area (Å²) in [6.45, 7) is 4.03. The van der Waals surface area contributed by atoms with E-state index in [4.69, 9.17) is 0 Å². The molecule has 3 nitrogen and oxygen atoms in total. The molecule has 0 aliphatic heterocycles. The van der Waals surface area contributed by atoms with Gasteiger partial charge in [-0.05, 0) is 20.8 Å². The van der Waals surface area contributed by atoms with Crippen LogP contribution in [0.1, 0.15) is 27.2 Å². The predicted octanol–water partition coefficient (Wildman–Crippen LogP) is 0.757. The van der Waals surface area contributed by atoms with Crippen LogP contribution in [0.4, 0.5) is 0 Å². The maximum atomic E-state index is 10.7. The Hall–Kier alpha value is -0.276. The summed E-state index contributed by atoms with van der Waals surface area (Å²) in [5.41, 5.74) is 0. The Morgan fingerprint density at radius 2 is 1.33 bits per heavy atom. The Labute approximate surface area is 86.8 Å². The van der Waals surface area contributed by atoms with Crippen molar-refractivity contribution < 1.29 is 36.1 Å². The van der Waals surface area contributed by atoms with Gasteiger partial charge in [0.25, 0.3) is 0 Å². The quantitative estimate of drug-likeness (QED) is 0.501. The van der Waals surface area contributed by atoms with Crippen LogP contribution >= 0.6 is 0 Å². The molecule has 0 aliphatic rings. The second-order valence-corrected chi connectivity index (χ2v) is 2.68. The molecule has 0 rings (SSSR count). The van der Waals surface area contributed by atoms with Gasteiger partial charge >= 0.3 is 0 Å². The second-order valence-electron chi connectivity index (χ2n) is 2.68. The van der Waals surface area contributed by atoms with Crippen LogP contribution in [0.5, 0.6) is 0 Å². The van der Waals surface area contributed by atoms with Crippen molar-refractivity contribution >= 4 is 17.3 Å². The first kappa shape index (κ1) is 14.3. The molecule has 0 N–H and O–H groups in total. The Morgan fingerprint density at radius 1 is 1.00 bits per heavy atom. The first-order valence-corrected chi connectivity index (χ1v) is 3.45. The molecule has 0 bridgehead atoms. The number of carbonyl (C=O) groups excluding carboxylic acids is 3. The monoisotopic (exact) mass is 204 g/mol. The van der Waals surface area contributed by atoms with Gasteiger partial charge in [-0.25, -0.2) is 0 Å². The van der Waals surface area contributed by atoms with E-state index < -0.39 is 5.92 Å². The maximum Gasteiger partial charge on any atom is 0.140 e. The Balaban J connectivity index is 0. The average molecular weight is 204 g/mol. The van der Waals surface area contributed by atoms with E-state index in [1.54, 1.807) is 0 Å². The molecule has 0 saturated carbocycles. The van der Waals surface area contributed by atoms with Crippen molar-refractivity contribution in [1.82, 2.24) is 0 Å². The van der Waals surface area contributed by atoms with E-state index in [2.05, 4.69) is 0 Å². The molecule has 0 atom stereocenters. The van der Waals surface area contributed by atoms with Crippen molar-refractivity contribution in [2.75, 3.05) is 0 Å². The first-order chi connectivity index (χ1) is 4.95. The minimum atomic E-state index is -0.715. The van der Waals surface area contributed by atoms with Gasteiger partial charge in [0, 0.05) is 28.1 Å². The molecule has 0 spiro atoms. The van der Waals surface area contributed by atoms with E-state index in [0.717, 1.165) is 0 Å². The summed E-state index contributed by atoms with van der Waals surface area (Å²) in [6.07, 6.45) is 0.0463. The molecule has 0 aromatic carbocycles. The van der Waals surface area contributed by atoms with Crippen LogP contribution in [0.15, 0.2) is 0 Å². The molecule has 12 heavy (non-hydrogen) atoms. The van der Waals surface area contributed by atoms with Crippen molar-refractivity contribution in [2.45, 2.75) is 27.2 Å². The SMILES string of the molecule is CC(=O)CC(C(C)=O)C(C)=O.[Ti]. The molecular formula is C8H12O3Ti. The minimum Gasteiger partial charge on any atom is -0.300 e. The summed E-state index contributed by atoms with van der Waals surface area (Å²) in [5.74, 6) is -1.30. The molecule has 0 fully saturated rings. The molecule has 0 amide bonds. The molecule has 0 heterocycles. The van der Waals surface area contributed by atoms with Crippen LogP contribution in [0.2, 0.25) is 0 Å². The zero-order chi connectivity index (χ0) is 9.02. The zero-order valence-electron chi connectivity index (χ0n) is 7.51. The molecule has 0 saturated heterocycles. The maximum absolute atomic E-state index is 10.7. The number of hydrogen-bond donors (Lipinski definition) is 0. The van der Waals surface area contributed by atoms with Crippen LogP contribution in [0, 0.1) is 5.92 Å². The minimum absolute atomic E-state index is 0. The van der Waals surface area contributed by atoms with Gasteiger partial charge < -0.3 is 0 Å². The molecule has 0 aliphatic carbocycles. The van der Waals surface area contributed by atoms with Crippen molar-refractivity contribution in [3.8, 4) is 0 Å². The largest absolute Gasteiger partial charge is 0.300 e. The first-order valence-electron chi connectivity index (χ1n) is 3.45. The van der Waals surface area contributed by atoms with Crippen LogP contribution < -0.4 is 0 Å². The summed E-state index contributed by atoms with van der Waals surface area (Å²) < 4.78 is 0. The van der Waals surface area contributed by atoms with Gasteiger partial charge in [0.15, 0.2) is 0 Å². The summed E-state index contributed by atoms with van der Waals surface area (Å²) in [4.78, 5) is 32.1. The molecule has 66 valence electrons. The third-order valence-electron chi connectivity index (χ3n) is 1.47. The van der Waals surface area contributed by atoms with Gasteiger partial charge in [-0.1, -0.05) is 0 Å². The standard InChI is InChI=1S/C8H12O3.Ti/c1-5(9)4-8(6(2)10)7(3)11;/h8H,4H2,1-3H3;. The van der Waals surface area contributed by atoms with E-state index in [0.29, 0.717) is 0 Å². The molecule has 0 unspecified atom stereocenters. The van der Waals surface area contributed by atoms with Crippen LogP contribution in [-0.2, 0) is 36.1 Å². The van der Waals surface area contributed by atoms with E-state index in [-0.39, 0.29) is 45.5 Å². The summed E-state index contributed by atoms with van der Waals surface area (Å²) in [6, 6.07) is 0. The number of ketones is 3. The normalized spacial score (nSPS) is 9.00. The molecular weight excluding hydrogens is 192 g/mol. The fourth-order valence-electron chi connectivity index (χ4n) is 0.861. The Bertz CT molecular complexity index is 184. The summed E-state index contributed by atoms with van der Waals surface area (Å²) >= 11 is 0. The van der Waals surface area contributed by atoms with E-state index in [1.807, 2.05) is 0 Å². The molecule has 0 aromatic heterocycles. The third-order valence-corrected chi connectivity index (χ3v) is 1.47. The van der Waals surface area contributed by atoms with Crippen LogP contribution in [0.3, 0.4) is 0 Å². The average Bonchev–Trinajstić information content (AvgIpc) is 1.81. The Kier molecular flexibility index (Phi) is 7.44. The molecule has 4 heteroatoms. The fraction of sp³-hybridized carbons (Fsp3) is 0.625. The number of Topliss-reactive ketones (excluding diaryl/α,β-unsaturated/α-hetero) is 3. The van der Waals surface area contributed by atoms with Crippen molar-refractivity contribution in [3.05, 3.63) is 0 Å². The van der Waals surface area contributed by atoms with Gasteiger partial charge in [0.05, 0.1) is 5.92 Å². The van der Waals surface area contributed by atoms with E-state index in [9.17, 15) is 14.4 Å². The topological polar surface area (TPSA) is 51.2 Å². The van der Waals surface area contributed by atoms with E-state index >= 15 is 0 Å². The number of hydrogen-bond acceptors (Lipinski definition) is 3. The smallest absolute Gasteiger partial charge is 0.140 e. The summed E-state index contributed by atoms with van der Waals surface area (Å²) in [7, 11) is 0. The summed E-state index contributed by atoms with van der Waals surface area (Å²) in [5, 5.41) is 0. The van der Waals surface area contributed by atoms with E-state index in [1.165, 1.54) is 20.8 Å². The van der Waals surface area contributed by atoms with Gasteiger partial charge in [0.1, 0.15) is 17.3 Å². The van der Waals surface area contributed by atoms with Crippen molar-refractivity contribution in [2.24, 2.45) is 5.92 Å². The van der Waals surface area contributed by atoms with Crippen molar-refractivity contribution in [1.29, 1.82) is 0 Å². The van der Waals surface area contributed by atoms with Crippen molar-refractivity contribution in [3.63, 3.8) is 0 Å². The van der Waals surface area contributed by atoms with Gasteiger partial charge in [-0.15, -0.1) is 0 Å². The van der Waals surface area contributed by atoms with Gasteiger partial charge in [-0.3, -0.25) is 14.4 Å². The number of rotatable bonds is 4. The number of carbonyl (C=O) groups is 3. The van der Waals surface area contributed by atoms with Crippen LogP contribution in [-0.4, -0.2) is 17.3 Å².